The average Bonchev–Trinajstić information content (AvgIpc) is 2.43. The molecule has 19 heavy (non-hydrogen) atoms. The highest BCUT2D eigenvalue weighted by Gasteiger charge is 2.18. The van der Waals surface area contributed by atoms with E-state index in [-0.39, 0.29) is 0 Å². The molecular weight excluding hydrogens is 232 g/mol. The number of hydrogen-bond acceptors (Lipinski definition) is 2. The molecule has 2 nitrogen and oxygen atoms in total. The Bertz CT molecular complexity index is 590. The first-order chi connectivity index (χ1) is 9.22. The van der Waals surface area contributed by atoms with E-state index in [4.69, 9.17) is 5.73 Å². The quantitative estimate of drug-likeness (QED) is 0.802. The summed E-state index contributed by atoms with van der Waals surface area (Å²) in [5.74, 6) is 0. The smallest absolute Gasteiger partial charge is 0.0578 e. The summed E-state index contributed by atoms with van der Waals surface area (Å²) >= 11 is 0. The molecule has 0 saturated heterocycles. The third-order valence-electron chi connectivity index (χ3n) is 3.92. The molecule has 0 radical (unpaired) electrons. The third-order valence-corrected chi connectivity index (χ3v) is 3.92. The molecule has 0 fully saturated rings. The van der Waals surface area contributed by atoms with Gasteiger partial charge in [-0.1, -0.05) is 30.3 Å². The van der Waals surface area contributed by atoms with E-state index >= 15 is 0 Å². The van der Waals surface area contributed by atoms with Crippen LogP contribution < -0.4 is 11.1 Å². The lowest BCUT2D eigenvalue weighted by Gasteiger charge is -2.27. The molecule has 0 bridgehead atoms. The van der Waals surface area contributed by atoms with Crippen LogP contribution in [0, 0.1) is 6.92 Å². The maximum atomic E-state index is 6.04. The zero-order chi connectivity index (χ0) is 13.2. The highest BCUT2D eigenvalue weighted by molar-refractivity contribution is 5.67. The number of nitrogens with two attached hydrogens (primary N) is 1. The second kappa shape index (κ2) is 4.96. The van der Waals surface area contributed by atoms with Gasteiger partial charge in [-0.3, -0.25) is 0 Å². The average molecular weight is 252 g/mol. The molecule has 98 valence electrons. The molecular formula is C17H20N2. The molecule has 2 aromatic carbocycles. The van der Waals surface area contributed by atoms with Gasteiger partial charge in [0.05, 0.1) is 11.4 Å². The lowest BCUT2D eigenvalue weighted by molar-refractivity contribution is 0.611. The predicted molar refractivity (Wildman–Crippen MR) is 81.5 cm³/mol. The van der Waals surface area contributed by atoms with Crippen molar-refractivity contribution in [2.45, 2.75) is 32.2 Å². The summed E-state index contributed by atoms with van der Waals surface area (Å²) in [5, 5.41) is 3.61. The van der Waals surface area contributed by atoms with E-state index in [1.165, 1.54) is 23.1 Å². The molecule has 0 aromatic heterocycles. The Kier molecular flexibility index (Phi) is 3.16. The first-order valence-electron chi connectivity index (χ1n) is 6.92. The van der Waals surface area contributed by atoms with Crippen LogP contribution in [-0.2, 0) is 12.8 Å². The van der Waals surface area contributed by atoms with Crippen molar-refractivity contribution in [2.75, 3.05) is 11.1 Å². The van der Waals surface area contributed by atoms with Gasteiger partial charge in [0.25, 0.3) is 0 Å². The van der Waals surface area contributed by atoms with Gasteiger partial charge in [0.15, 0.2) is 0 Å². The van der Waals surface area contributed by atoms with E-state index in [0.29, 0.717) is 6.04 Å². The van der Waals surface area contributed by atoms with Gasteiger partial charge in [-0.05, 0) is 55.0 Å². The second-order valence-corrected chi connectivity index (χ2v) is 5.44. The van der Waals surface area contributed by atoms with Crippen LogP contribution in [0.1, 0.15) is 23.1 Å². The highest BCUT2D eigenvalue weighted by atomic mass is 14.9. The van der Waals surface area contributed by atoms with Gasteiger partial charge in [-0.2, -0.15) is 0 Å². The zero-order valence-electron chi connectivity index (χ0n) is 11.3. The molecule has 0 saturated carbocycles. The van der Waals surface area contributed by atoms with E-state index in [1.54, 1.807) is 0 Å². The van der Waals surface area contributed by atoms with Crippen molar-refractivity contribution in [3.8, 4) is 0 Å². The predicted octanol–water partition coefficient (Wildman–Crippen LogP) is 3.55. The van der Waals surface area contributed by atoms with Crippen molar-refractivity contribution in [2.24, 2.45) is 0 Å². The lowest BCUT2D eigenvalue weighted by Crippen LogP contribution is -2.27. The van der Waals surface area contributed by atoms with Crippen molar-refractivity contribution in [3.05, 3.63) is 59.2 Å². The molecule has 1 aliphatic carbocycles. The maximum Gasteiger partial charge on any atom is 0.0578 e. The minimum absolute atomic E-state index is 0.485. The standard InChI is InChI=1S/C17H20N2/c1-12-6-9-16(18)17(10-12)19-15-8-7-13-4-2-3-5-14(13)11-15/h2-6,9-10,15,19H,7-8,11,18H2,1H3. The topological polar surface area (TPSA) is 38.0 Å². The summed E-state index contributed by atoms with van der Waals surface area (Å²) in [4.78, 5) is 0. The first kappa shape index (κ1) is 12.1. The summed E-state index contributed by atoms with van der Waals surface area (Å²) < 4.78 is 0. The number of nitrogen functional groups attached to an aromatic ring is 1. The molecule has 1 unspecified atom stereocenters. The first-order valence-corrected chi connectivity index (χ1v) is 6.92. The van der Waals surface area contributed by atoms with Crippen LogP contribution in [0.25, 0.3) is 0 Å². The number of fused-ring (bicyclic) bond motifs is 1. The van der Waals surface area contributed by atoms with Gasteiger partial charge in [0.1, 0.15) is 0 Å². The highest BCUT2D eigenvalue weighted by Crippen LogP contribution is 2.26. The van der Waals surface area contributed by atoms with Crippen molar-refractivity contribution < 1.29 is 0 Å². The van der Waals surface area contributed by atoms with E-state index in [1.807, 2.05) is 6.07 Å². The normalized spacial score (nSPS) is 17.8. The van der Waals surface area contributed by atoms with Crippen LogP contribution in [-0.4, -0.2) is 6.04 Å². The van der Waals surface area contributed by atoms with Crippen molar-refractivity contribution in [1.29, 1.82) is 0 Å². The van der Waals surface area contributed by atoms with Crippen LogP contribution in [0.4, 0.5) is 11.4 Å². The SMILES string of the molecule is Cc1ccc(N)c(NC2CCc3ccccc3C2)c1. The largest absolute Gasteiger partial charge is 0.397 e. The number of anilines is 2. The molecule has 2 heteroatoms. The molecule has 0 spiro atoms. The summed E-state index contributed by atoms with van der Waals surface area (Å²) in [5.41, 5.74) is 12.2. The second-order valence-electron chi connectivity index (χ2n) is 5.44. The molecule has 1 aliphatic rings. The number of benzene rings is 2. The summed E-state index contributed by atoms with van der Waals surface area (Å²) in [6.45, 7) is 2.10. The number of aryl methyl sites for hydroxylation is 2. The van der Waals surface area contributed by atoms with E-state index in [9.17, 15) is 0 Å². The van der Waals surface area contributed by atoms with E-state index in [0.717, 1.165) is 24.2 Å². The summed E-state index contributed by atoms with van der Waals surface area (Å²) in [6.07, 6.45) is 3.41. The van der Waals surface area contributed by atoms with Gasteiger partial charge in [0, 0.05) is 6.04 Å². The molecule has 2 aromatic rings. The van der Waals surface area contributed by atoms with Gasteiger partial charge in [-0.15, -0.1) is 0 Å². The molecule has 0 amide bonds. The Labute approximate surface area is 114 Å². The minimum Gasteiger partial charge on any atom is -0.397 e. The molecule has 3 rings (SSSR count). The Morgan fingerprint density at radius 3 is 2.74 bits per heavy atom. The summed E-state index contributed by atoms with van der Waals surface area (Å²) in [6, 6.07) is 15.4. The number of nitrogens with one attached hydrogen (secondary N) is 1. The van der Waals surface area contributed by atoms with Crippen molar-refractivity contribution in [1.82, 2.24) is 0 Å². The Morgan fingerprint density at radius 1 is 1.11 bits per heavy atom. The zero-order valence-corrected chi connectivity index (χ0v) is 11.3. The fourth-order valence-electron chi connectivity index (χ4n) is 2.84. The fraction of sp³-hybridized carbons (Fsp3) is 0.294. The molecule has 0 heterocycles. The molecule has 3 N–H and O–H groups in total. The monoisotopic (exact) mass is 252 g/mol. The third kappa shape index (κ3) is 2.58. The van der Waals surface area contributed by atoms with Gasteiger partial charge in [-0.25, -0.2) is 0 Å². The van der Waals surface area contributed by atoms with Crippen LogP contribution in [0.15, 0.2) is 42.5 Å². The minimum atomic E-state index is 0.485. The summed E-state index contributed by atoms with van der Waals surface area (Å²) in [7, 11) is 0. The van der Waals surface area contributed by atoms with Gasteiger partial charge < -0.3 is 11.1 Å². The van der Waals surface area contributed by atoms with Crippen LogP contribution in [0.5, 0.6) is 0 Å². The fourth-order valence-corrected chi connectivity index (χ4v) is 2.84. The van der Waals surface area contributed by atoms with Crippen LogP contribution in [0.2, 0.25) is 0 Å². The van der Waals surface area contributed by atoms with E-state index < -0.39 is 0 Å². The number of hydrogen-bond donors (Lipinski definition) is 2. The van der Waals surface area contributed by atoms with Crippen molar-refractivity contribution in [3.63, 3.8) is 0 Å². The Hall–Kier alpha value is -1.96. The van der Waals surface area contributed by atoms with Gasteiger partial charge in [0.2, 0.25) is 0 Å². The maximum absolute atomic E-state index is 6.04. The Balaban J connectivity index is 1.77. The number of rotatable bonds is 2. The molecule has 0 aliphatic heterocycles. The van der Waals surface area contributed by atoms with Crippen LogP contribution in [0.3, 0.4) is 0 Å². The van der Waals surface area contributed by atoms with Crippen LogP contribution >= 0.6 is 0 Å². The molecule has 1 atom stereocenters. The van der Waals surface area contributed by atoms with Gasteiger partial charge >= 0.3 is 0 Å². The lowest BCUT2D eigenvalue weighted by atomic mass is 9.88. The van der Waals surface area contributed by atoms with Crippen molar-refractivity contribution >= 4 is 11.4 Å². The Morgan fingerprint density at radius 2 is 1.89 bits per heavy atom. The van der Waals surface area contributed by atoms with E-state index in [2.05, 4.69) is 48.6 Å².